The molecule has 0 radical (unpaired) electrons. The van der Waals surface area contributed by atoms with Crippen molar-refractivity contribution in [2.45, 2.75) is 13.5 Å². The summed E-state index contributed by atoms with van der Waals surface area (Å²) in [6.07, 6.45) is 0. The molecule has 4 N–H and O–H groups in total. The van der Waals surface area contributed by atoms with Gasteiger partial charge in [-0.3, -0.25) is 9.59 Å². The SMILES string of the molecule is Cc1nc2ccccc2c(N(C)C(=O)CNC(=O)Nc2cccc(C(N)=O)c2)c1OCc1c(Cl)cccc1Cl. The van der Waals surface area contributed by atoms with Crippen LogP contribution in [0.4, 0.5) is 16.2 Å². The van der Waals surface area contributed by atoms with E-state index in [1.165, 1.54) is 17.0 Å². The van der Waals surface area contributed by atoms with Gasteiger partial charge in [0.25, 0.3) is 0 Å². The lowest BCUT2D eigenvalue weighted by Crippen LogP contribution is -2.40. The molecule has 3 aromatic carbocycles. The summed E-state index contributed by atoms with van der Waals surface area (Å²) in [6.45, 7) is 1.52. The predicted molar refractivity (Wildman–Crippen MR) is 153 cm³/mol. The normalized spacial score (nSPS) is 10.7. The summed E-state index contributed by atoms with van der Waals surface area (Å²) >= 11 is 12.6. The Hall–Kier alpha value is -4.34. The van der Waals surface area contributed by atoms with E-state index < -0.39 is 17.8 Å². The standard InChI is InChI=1S/C28H25Cl2N5O4/c1-16-26(39-15-20-21(29)10-6-11-22(20)30)25(19-9-3-4-12-23(19)33-16)35(2)24(36)14-32-28(38)34-18-8-5-7-17(13-18)27(31)37/h3-13H,14-15H2,1-2H3,(H2,31,37)(H2,32,34,38). The Morgan fingerprint density at radius 1 is 1.00 bits per heavy atom. The topological polar surface area (TPSA) is 127 Å². The number of amides is 4. The van der Waals surface area contributed by atoms with Gasteiger partial charge in [0, 0.05) is 39.3 Å². The number of nitrogens with two attached hydrogens (primary N) is 1. The molecule has 9 nitrogen and oxygen atoms in total. The number of pyridine rings is 1. The molecule has 4 rings (SSSR count). The Balaban J connectivity index is 1.55. The Labute approximate surface area is 234 Å². The molecule has 0 bridgehead atoms. The Morgan fingerprint density at radius 2 is 1.69 bits per heavy atom. The molecule has 39 heavy (non-hydrogen) atoms. The zero-order valence-electron chi connectivity index (χ0n) is 21.1. The van der Waals surface area contributed by atoms with E-state index in [0.29, 0.717) is 49.3 Å². The largest absolute Gasteiger partial charge is 0.485 e. The number of fused-ring (bicyclic) bond motifs is 1. The van der Waals surface area contributed by atoms with Crippen molar-refractivity contribution in [3.05, 3.63) is 93.6 Å². The van der Waals surface area contributed by atoms with E-state index in [1.807, 2.05) is 24.3 Å². The molecule has 11 heteroatoms. The van der Waals surface area contributed by atoms with Gasteiger partial charge in [-0.15, -0.1) is 0 Å². The smallest absolute Gasteiger partial charge is 0.319 e. The van der Waals surface area contributed by atoms with Gasteiger partial charge in [-0.2, -0.15) is 0 Å². The minimum absolute atomic E-state index is 0.0550. The number of halogens is 2. The Bertz CT molecular complexity index is 1560. The van der Waals surface area contributed by atoms with Crippen LogP contribution >= 0.6 is 23.2 Å². The number of carbonyl (C=O) groups excluding carboxylic acids is 3. The molecule has 0 saturated carbocycles. The van der Waals surface area contributed by atoms with Crippen LogP contribution < -0.4 is 26.0 Å². The van der Waals surface area contributed by atoms with E-state index in [2.05, 4.69) is 15.6 Å². The zero-order valence-corrected chi connectivity index (χ0v) is 22.6. The molecule has 0 aliphatic heterocycles. The maximum Gasteiger partial charge on any atom is 0.319 e. The van der Waals surface area contributed by atoms with Gasteiger partial charge in [-0.05, 0) is 43.3 Å². The van der Waals surface area contributed by atoms with Crippen LogP contribution in [0.2, 0.25) is 10.0 Å². The predicted octanol–water partition coefficient (Wildman–Crippen LogP) is 5.31. The molecule has 200 valence electrons. The van der Waals surface area contributed by atoms with Crippen LogP contribution in [0.3, 0.4) is 0 Å². The first-order chi connectivity index (χ1) is 18.7. The highest BCUT2D eigenvalue weighted by molar-refractivity contribution is 6.36. The van der Waals surface area contributed by atoms with Crippen molar-refractivity contribution < 1.29 is 19.1 Å². The van der Waals surface area contributed by atoms with Gasteiger partial charge in [0.05, 0.1) is 23.4 Å². The highest BCUT2D eigenvalue weighted by atomic mass is 35.5. The van der Waals surface area contributed by atoms with E-state index in [0.717, 1.165) is 0 Å². The molecule has 0 atom stereocenters. The second-order valence-electron chi connectivity index (χ2n) is 8.59. The number of hydrogen-bond acceptors (Lipinski definition) is 5. The highest BCUT2D eigenvalue weighted by Gasteiger charge is 2.23. The Kier molecular flexibility index (Phi) is 8.53. The molecule has 4 aromatic rings. The van der Waals surface area contributed by atoms with Crippen LogP contribution in [-0.4, -0.2) is 36.4 Å². The van der Waals surface area contributed by atoms with Crippen molar-refractivity contribution in [2.75, 3.05) is 23.8 Å². The van der Waals surface area contributed by atoms with Crippen molar-refractivity contribution >= 4 is 63.3 Å². The summed E-state index contributed by atoms with van der Waals surface area (Å²) in [6, 6.07) is 18.1. The van der Waals surface area contributed by atoms with Gasteiger partial charge < -0.3 is 26.0 Å². The molecular weight excluding hydrogens is 541 g/mol. The summed E-state index contributed by atoms with van der Waals surface area (Å²) in [4.78, 5) is 43.1. The Morgan fingerprint density at radius 3 is 2.41 bits per heavy atom. The maximum absolute atomic E-state index is 13.2. The van der Waals surface area contributed by atoms with E-state index >= 15 is 0 Å². The number of aryl methyl sites for hydroxylation is 1. The molecule has 0 fully saturated rings. The third-order valence-electron chi connectivity index (χ3n) is 5.93. The summed E-state index contributed by atoms with van der Waals surface area (Å²) < 4.78 is 6.17. The number of urea groups is 1. The van der Waals surface area contributed by atoms with Crippen LogP contribution in [-0.2, 0) is 11.4 Å². The summed E-state index contributed by atoms with van der Waals surface area (Å²) in [5, 5.41) is 6.72. The molecule has 0 spiro atoms. The first-order valence-corrected chi connectivity index (χ1v) is 12.6. The third kappa shape index (κ3) is 6.39. The van der Waals surface area contributed by atoms with E-state index in [1.54, 1.807) is 44.3 Å². The van der Waals surface area contributed by atoms with E-state index in [4.69, 9.17) is 33.7 Å². The molecule has 4 amide bonds. The lowest BCUT2D eigenvalue weighted by Gasteiger charge is -2.24. The average Bonchev–Trinajstić information content (AvgIpc) is 2.91. The van der Waals surface area contributed by atoms with Gasteiger partial charge in [0.1, 0.15) is 6.61 Å². The average molecular weight is 566 g/mol. The third-order valence-corrected chi connectivity index (χ3v) is 6.64. The van der Waals surface area contributed by atoms with Crippen LogP contribution in [0.15, 0.2) is 66.7 Å². The second-order valence-corrected chi connectivity index (χ2v) is 9.40. The van der Waals surface area contributed by atoms with E-state index in [-0.39, 0.29) is 18.7 Å². The van der Waals surface area contributed by atoms with Gasteiger partial charge in [0.2, 0.25) is 11.8 Å². The minimum Gasteiger partial charge on any atom is -0.485 e. The van der Waals surface area contributed by atoms with Crippen molar-refractivity contribution in [1.82, 2.24) is 10.3 Å². The molecule has 0 aliphatic rings. The number of likely N-dealkylation sites (N-methyl/N-ethyl adjacent to an activating group) is 1. The van der Waals surface area contributed by atoms with Crippen LogP contribution in [0, 0.1) is 6.92 Å². The molecule has 1 aromatic heterocycles. The molecule has 1 heterocycles. The number of ether oxygens (including phenoxy) is 1. The van der Waals surface area contributed by atoms with Crippen molar-refractivity contribution in [3.63, 3.8) is 0 Å². The fourth-order valence-corrected chi connectivity index (χ4v) is 4.45. The number of primary amides is 1. The number of nitrogens with zero attached hydrogens (tertiary/aromatic N) is 2. The monoisotopic (exact) mass is 565 g/mol. The fraction of sp³-hybridized carbons (Fsp3) is 0.143. The fourth-order valence-electron chi connectivity index (χ4n) is 3.94. The zero-order chi connectivity index (χ0) is 28.1. The lowest BCUT2D eigenvalue weighted by molar-refractivity contribution is -0.117. The molecule has 0 aliphatic carbocycles. The number of para-hydroxylation sites is 1. The van der Waals surface area contributed by atoms with E-state index in [9.17, 15) is 14.4 Å². The summed E-state index contributed by atoms with van der Waals surface area (Å²) in [7, 11) is 1.59. The minimum atomic E-state index is -0.626. The number of carbonyl (C=O) groups is 3. The van der Waals surface area contributed by atoms with Gasteiger partial charge >= 0.3 is 6.03 Å². The van der Waals surface area contributed by atoms with Gasteiger partial charge in [-0.25, -0.2) is 9.78 Å². The van der Waals surface area contributed by atoms with Crippen molar-refractivity contribution in [2.24, 2.45) is 5.73 Å². The quantitative estimate of drug-likeness (QED) is 0.266. The first-order valence-electron chi connectivity index (χ1n) is 11.8. The molecular formula is C28H25Cl2N5O4. The lowest BCUT2D eigenvalue weighted by atomic mass is 10.1. The van der Waals surface area contributed by atoms with Gasteiger partial charge in [0.15, 0.2) is 5.75 Å². The number of rotatable bonds is 8. The van der Waals surface area contributed by atoms with Gasteiger partial charge in [-0.1, -0.05) is 53.5 Å². The summed E-state index contributed by atoms with van der Waals surface area (Å²) in [5.41, 5.74) is 8.21. The number of aromatic nitrogens is 1. The van der Waals surface area contributed by atoms with Crippen LogP contribution in [0.25, 0.3) is 10.9 Å². The number of anilines is 2. The first kappa shape index (κ1) is 27.7. The van der Waals surface area contributed by atoms with Crippen molar-refractivity contribution in [3.8, 4) is 5.75 Å². The highest BCUT2D eigenvalue weighted by Crippen LogP contribution is 2.38. The van der Waals surface area contributed by atoms with Crippen LogP contribution in [0.5, 0.6) is 5.75 Å². The second kappa shape index (κ2) is 12.0. The number of hydrogen-bond donors (Lipinski definition) is 3. The maximum atomic E-state index is 13.2. The molecule has 0 unspecified atom stereocenters. The number of nitrogens with one attached hydrogen (secondary N) is 2. The van der Waals surface area contributed by atoms with Crippen LogP contribution in [0.1, 0.15) is 21.6 Å². The molecule has 0 saturated heterocycles. The number of benzene rings is 3. The summed E-state index contributed by atoms with van der Waals surface area (Å²) in [5.74, 6) is -0.647. The van der Waals surface area contributed by atoms with Crippen molar-refractivity contribution in [1.29, 1.82) is 0 Å².